The Morgan fingerprint density at radius 1 is 1.24 bits per heavy atom. The lowest BCUT2D eigenvalue weighted by atomic mass is 10.1. The minimum Gasteiger partial charge on any atom is -0.462 e. The molecule has 2 heterocycles. The first-order chi connectivity index (χ1) is 12.1. The second kappa shape index (κ2) is 7.74. The van der Waals surface area contributed by atoms with Gasteiger partial charge in [0.2, 0.25) is 0 Å². The minimum absolute atomic E-state index is 0.213. The molecule has 2 aromatic rings. The molecule has 25 heavy (non-hydrogen) atoms. The molecular formula is C18H21F2N3O2. The number of benzene rings is 1. The lowest BCUT2D eigenvalue weighted by Crippen LogP contribution is -2.48. The lowest BCUT2D eigenvalue weighted by Gasteiger charge is -2.37. The van der Waals surface area contributed by atoms with Gasteiger partial charge in [0.15, 0.2) is 0 Å². The van der Waals surface area contributed by atoms with Crippen molar-refractivity contribution in [3.05, 3.63) is 36.0 Å². The van der Waals surface area contributed by atoms with Crippen LogP contribution in [0.2, 0.25) is 0 Å². The van der Waals surface area contributed by atoms with Gasteiger partial charge >= 0.3 is 5.97 Å². The number of carbonyl (C=O) groups is 1. The van der Waals surface area contributed by atoms with E-state index in [9.17, 15) is 13.6 Å². The lowest BCUT2D eigenvalue weighted by molar-refractivity contribution is 0.0526. The van der Waals surface area contributed by atoms with Crippen LogP contribution in [0.5, 0.6) is 0 Å². The number of halogens is 2. The van der Waals surface area contributed by atoms with Crippen LogP contribution in [0.15, 0.2) is 30.5 Å². The van der Waals surface area contributed by atoms with Crippen molar-refractivity contribution in [3.63, 3.8) is 0 Å². The van der Waals surface area contributed by atoms with Gasteiger partial charge in [-0.3, -0.25) is 9.88 Å². The molecule has 1 aliphatic heterocycles. The summed E-state index contributed by atoms with van der Waals surface area (Å²) in [6.07, 6.45) is -0.787. The van der Waals surface area contributed by atoms with E-state index in [2.05, 4.69) is 9.88 Å². The van der Waals surface area contributed by atoms with Crippen LogP contribution in [-0.2, 0) is 4.74 Å². The molecule has 1 aliphatic rings. The van der Waals surface area contributed by atoms with E-state index in [-0.39, 0.29) is 13.2 Å². The smallest absolute Gasteiger partial charge is 0.341 e. The Kier molecular flexibility index (Phi) is 5.43. The van der Waals surface area contributed by atoms with Crippen LogP contribution < -0.4 is 4.90 Å². The Hall–Kier alpha value is -2.28. The molecule has 1 aromatic carbocycles. The number of carbonyl (C=O) groups excluding carboxylic acids is 1. The molecule has 3 rings (SSSR count). The number of alkyl halides is 2. The maximum Gasteiger partial charge on any atom is 0.341 e. The topological polar surface area (TPSA) is 45.7 Å². The molecule has 0 N–H and O–H groups in total. The highest BCUT2D eigenvalue weighted by atomic mass is 19.3. The Bertz CT molecular complexity index is 746. The normalized spacial score (nSPS) is 15.8. The number of hydrogen-bond acceptors (Lipinski definition) is 5. The number of aromatic nitrogens is 1. The van der Waals surface area contributed by atoms with Crippen LogP contribution in [0.4, 0.5) is 14.5 Å². The first kappa shape index (κ1) is 17.5. The summed E-state index contributed by atoms with van der Waals surface area (Å²) in [4.78, 5) is 20.5. The number of para-hydroxylation sites is 1. The van der Waals surface area contributed by atoms with Gasteiger partial charge in [0.05, 0.1) is 24.4 Å². The highest BCUT2D eigenvalue weighted by molar-refractivity contribution is 6.05. The number of hydrogen-bond donors (Lipinski definition) is 0. The minimum atomic E-state index is -2.33. The summed E-state index contributed by atoms with van der Waals surface area (Å²) in [5.74, 6) is -0.411. The number of nitrogens with zero attached hydrogens (tertiary/aromatic N) is 3. The predicted molar refractivity (Wildman–Crippen MR) is 92.4 cm³/mol. The van der Waals surface area contributed by atoms with Crippen LogP contribution in [0.3, 0.4) is 0 Å². The number of piperazine rings is 1. The van der Waals surface area contributed by atoms with Crippen molar-refractivity contribution in [2.45, 2.75) is 13.3 Å². The van der Waals surface area contributed by atoms with Crippen molar-refractivity contribution in [3.8, 4) is 0 Å². The number of pyridine rings is 1. The molecule has 5 nitrogen and oxygen atoms in total. The molecule has 0 unspecified atom stereocenters. The Morgan fingerprint density at radius 2 is 1.96 bits per heavy atom. The van der Waals surface area contributed by atoms with Gasteiger partial charge in [-0.25, -0.2) is 13.6 Å². The van der Waals surface area contributed by atoms with E-state index >= 15 is 0 Å². The third kappa shape index (κ3) is 3.87. The molecule has 1 aromatic heterocycles. The SMILES string of the molecule is CCOC(=O)c1cnc2ccccc2c1N1CCN(CC(F)F)CC1. The number of fused-ring (bicyclic) bond motifs is 1. The molecule has 134 valence electrons. The summed E-state index contributed by atoms with van der Waals surface area (Å²) >= 11 is 0. The van der Waals surface area contributed by atoms with Gasteiger partial charge in [0, 0.05) is 37.8 Å². The van der Waals surface area contributed by atoms with Crippen molar-refractivity contribution in [2.75, 3.05) is 44.2 Å². The van der Waals surface area contributed by atoms with Gasteiger partial charge in [-0.15, -0.1) is 0 Å². The highest BCUT2D eigenvalue weighted by Crippen LogP contribution is 2.31. The average Bonchev–Trinajstić information content (AvgIpc) is 2.61. The monoisotopic (exact) mass is 349 g/mol. The maximum absolute atomic E-state index is 12.6. The van der Waals surface area contributed by atoms with E-state index in [1.807, 2.05) is 24.3 Å². The number of esters is 1. The van der Waals surface area contributed by atoms with Crippen LogP contribution >= 0.6 is 0 Å². The molecular weight excluding hydrogens is 328 g/mol. The number of rotatable bonds is 5. The van der Waals surface area contributed by atoms with E-state index in [1.54, 1.807) is 18.0 Å². The van der Waals surface area contributed by atoms with Gasteiger partial charge in [0.1, 0.15) is 5.56 Å². The summed E-state index contributed by atoms with van der Waals surface area (Å²) in [6, 6.07) is 7.60. The number of ether oxygens (including phenoxy) is 1. The van der Waals surface area contributed by atoms with E-state index in [1.165, 1.54) is 0 Å². The maximum atomic E-state index is 12.6. The second-order valence-corrected chi connectivity index (χ2v) is 5.94. The van der Waals surface area contributed by atoms with Gasteiger partial charge in [-0.05, 0) is 13.0 Å². The quantitative estimate of drug-likeness (QED) is 0.777. The fourth-order valence-electron chi connectivity index (χ4n) is 3.17. The first-order valence-electron chi connectivity index (χ1n) is 8.40. The van der Waals surface area contributed by atoms with Crippen molar-refractivity contribution < 1.29 is 18.3 Å². The number of anilines is 1. The third-order valence-electron chi connectivity index (χ3n) is 4.33. The molecule has 0 amide bonds. The molecule has 0 radical (unpaired) electrons. The van der Waals surface area contributed by atoms with E-state index < -0.39 is 12.4 Å². The molecule has 0 bridgehead atoms. The third-order valence-corrected chi connectivity index (χ3v) is 4.33. The molecule has 1 fully saturated rings. The van der Waals surface area contributed by atoms with E-state index in [0.29, 0.717) is 31.7 Å². The molecule has 0 spiro atoms. The first-order valence-corrected chi connectivity index (χ1v) is 8.40. The molecule has 7 heteroatoms. The Labute approximate surface area is 145 Å². The van der Waals surface area contributed by atoms with Gasteiger partial charge in [0.25, 0.3) is 6.43 Å². The van der Waals surface area contributed by atoms with Crippen LogP contribution in [0.1, 0.15) is 17.3 Å². The second-order valence-electron chi connectivity index (χ2n) is 5.94. The summed E-state index contributed by atoms with van der Waals surface area (Å²) in [5.41, 5.74) is 1.99. The zero-order chi connectivity index (χ0) is 17.8. The molecule has 0 saturated carbocycles. The summed E-state index contributed by atoms with van der Waals surface area (Å²) in [5, 5.41) is 0.871. The van der Waals surface area contributed by atoms with Crippen molar-refractivity contribution in [1.82, 2.24) is 9.88 Å². The molecule has 1 saturated heterocycles. The summed E-state index contributed by atoms with van der Waals surface area (Å²) in [7, 11) is 0. The zero-order valence-corrected chi connectivity index (χ0v) is 14.1. The van der Waals surface area contributed by atoms with E-state index in [4.69, 9.17) is 4.74 Å². The highest BCUT2D eigenvalue weighted by Gasteiger charge is 2.25. The molecule has 0 atom stereocenters. The average molecular weight is 349 g/mol. The predicted octanol–water partition coefficient (Wildman–Crippen LogP) is 2.80. The van der Waals surface area contributed by atoms with Crippen LogP contribution in [-0.4, -0.2) is 61.6 Å². The largest absolute Gasteiger partial charge is 0.462 e. The van der Waals surface area contributed by atoms with E-state index in [0.717, 1.165) is 16.6 Å². The fourth-order valence-corrected chi connectivity index (χ4v) is 3.17. The fraction of sp³-hybridized carbons (Fsp3) is 0.444. The Balaban J connectivity index is 1.93. The van der Waals surface area contributed by atoms with Crippen molar-refractivity contribution in [2.24, 2.45) is 0 Å². The van der Waals surface area contributed by atoms with Gasteiger partial charge in [-0.2, -0.15) is 0 Å². The van der Waals surface area contributed by atoms with Crippen molar-refractivity contribution in [1.29, 1.82) is 0 Å². The summed E-state index contributed by atoms with van der Waals surface area (Å²) < 4.78 is 30.3. The standard InChI is InChI=1S/C18H21F2N3O2/c1-2-25-18(24)14-11-21-15-6-4-3-5-13(15)17(14)23-9-7-22(8-10-23)12-16(19)20/h3-6,11,16H,2,7-10,12H2,1H3. The Morgan fingerprint density at radius 3 is 2.64 bits per heavy atom. The van der Waals surface area contributed by atoms with Gasteiger partial charge < -0.3 is 9.64 Å². The van der Waals surface area contributed by atoms with Crippen LogP contribution in [0, 0.1) is 0 Å². The van der Waals surface area contributed by atoms with Gasteiger partial charge in [-0.1, -0.05) is 18.2 Å². The zero-order valence-electron chi connectivity index (χ0n) is 14.1. The summed E-state index contributed by atoms with van der Waals surface area (Å²) in [6.45, 7) is 4.05. The van der Waals surface area contributed by atoms with Crippen LogP contribution in [0.25, 0.3) is 10.9 Å². The van der Waals surface area contributed by atoms with Crippen molar-refractivity contribution >= 4 is 22.6 Å². The molecule has 0 aliphatic carbocycles.